The lowest BCUT2D eigenvalue weighted by molar-refractivity contribution is 0.228. The van der Waals surface area contributed by atoms with Gasteiger partial charge >= 0.3 is 7.60 Å². The molecule has 18 heavy (non-hydrogen) atoms. The molecule has 0 aromatic carbocycles. The van der Waals surface area contributed by atoms with E-state index in [0.717, 1.165) is 12.8 Å². The van der Waals surface area contributed by atoms with E-state index in [9.17, 15) is 4.57 Å². The average Bonchev–Trinajstić information content (AvgIpc) is 2.33. The van der Waals surface area contributed by atoms with Crippen molar-refractivity contribution in [1.29, 1.82) is 0 Å². The van der Waals surface area contributed by atoms with Crippen molar-refractivity contribution in [1.82, 2.24) is 0 Å². The van der Waals surface area contributed by atoms with Crippen molar-refractivity contribution in [3.63, 3.8) is 0 Å². The Balaban J connectivity index is 5.00. The van der Waals surface area contributed by atoms with Gasteiger partial charge in [0.1, 0.15) is 6.61 Å². The second kappa shape index (κ2) is 10.3. The molecule has 0 saturated carbocycles. The van der Waals surface area contributed by atoms with Crippen molar-refractivity contribution < 1.29 is 18.7 Å². The zero-order valence-corrected chi connectivity index (χ0v) is 12.3. The number of hydrogen-bond acceptors (Lipinski definition) is 4. The van der Waals surface area contributed by atoms with E-state index in [4.69, 9.17) is 14.2 Å². The quantitative estimate of drug-likeness (QED) is 0.545. The van der Waals surface area contributed by atoms with Crippen LogP contribution in [0.25, 0.3) is 0 Å². The summed E-state index contributed by atoms with van der Waals surface area (Å²) in [5.41, 5.74) is 0.705. The molecule has 0 radical (unpaired) electrons. The lowest BCUT2D eigenvalue weighted by Gasteiger charge is -2.13. The van der Waals surface area contributed by atoms with E-state index in [1.165, 1.54) is 5.82 Å². The predicted molar refractivity (Wildman–Crippen MR) is 73.3 cm³/mol. The predicted octanol–water partition coefficient (Wildman–Crippen LogP) is 3.32. The SMILES string of the molecule is CCCC/C(C#CCO)=C/P(=O)(OCC)OCC. The van der Waals surface area contributed by atoms with Gasteiger partial charge in [0, 0.05) is 11.4 Å². The first-order valence-corrected chi connectivity index (χ1v) is 7.93. The molecule has 0 atom stereocenters. The largest absolute Gasteiger partial charge is 0.384 e. The van der Waals surface area contributed by atoms with Crippen molar-refractivity contribution in [2.75, 3.05) is 19.8 Å². The molecular formula is C13H23O4P. The molecule has 5 heteroatoms. The van der Waals surface area contributed by atoms with E-state index in [0.29, 0.717) is 25.2 Å². The maximum absolute atomic E-state index is 12.3. The summed E-state index contributed by atoms with van der Waals surface area (Å²) in [6, 6.07) is 0. The minimum absolute atomic E-state index is 0.211. The third-order valence-electron chi connectivity index (χ3n) is 2.06. The topological polar surface area (TPSA) is 55.8 Å². The summed E-state index contributed by atoms with van der Waals surface area (Å²) in [6.45, 7) is 6.04. The number of rotatable bonds is 8. The lowest BCUT2D eigenvalue weighted by atomic mass is 10.1. The van der Waals surface area contributed by atoms with Crippen LogP contribution in [0.2, 0.25) is 0 Å². The first-order valence-electron chi connectivity index (χ1n) is 6.32. The minimum atomic E-state index is -3.20. The second-order valence-electron chi connectivity index (χ2n) is 3.59. The van der Waals surface area contributed by atoms with Crippen LogP contribution in [0.1, 0.15) is 40.0 Å². The number of unbranched alkanes of at least 4 members (excludes halogenated alkanes) is 1. The summed E-state index contributed by atoms with van der Waals surface area (Å²) in [4.78, 5) is 0. The Morgan fingerprint density at radius 2 is 1.89 bits per heavy atom. The van der Waals surface area contributed by atoms with E-state index in [1.807, 2.05) is 0 Å². The first kappa shape index (κ1) is 17.4. The zero-order valence-electron chi connectivity index (χ0n) is 11.4. The van der Waals surface area contributed by atoms with Crippen LogP contribution < -0.4 is 0 Å². The molecule has 0 bridgehead atoms. The third kappa shape index (κ3) is 7.68. The molecular weight excluding hydrogens is 251 g/mol. The summed E-state index contributed by atoms with van der Waals surface area (Å²) >= 11 is 0. The number of hydrogen-bond donors (Lipinski definition) is 1. The van der Waals surface area contributed by atoms with E-state index >= 15 is 0 Å². The lowest BCUT2D eigenvalue weighted by Crippen LogP contribution is -1.94. The van der Waals surface area contributed by atoms with Gasteiger partial charge in [0.05, 0.1) is 13.2 Å². The fraction of sp³-hybridized carbons (Fsp3) is 0.692. The maximum Gasteiger partial charge on any atom is 0.355 e. The Morgan fingerprint density at radius 3 is 2.33 bits per heavy atom. The smallest absolute Gasteiger partial charge is 0.355 e. The van der Waals surface area contributed by atoms with Gasteiger partial charge in [-0.2, -0.15) is 0 Å². The fourth-order valence-electron chi connectivity index (χ4n) is 1.34. The van der Waals surface area contributed by atoms with Gasteiger partial charge in [-0.3, -0.25) is 4.57 Å². The summed E-state index contributed by atoms with van der Waals surface area (Å²) in [7, 11) is -3.20. The van der Waals surface area contributed by atoms with Crippen LogP contribution in [0.3, 0.4) is 0 Å². The number of aliphatic hydroxyl groups is 1. The Bertz CT molecular complexity index is 342. The summed E-state index contributed by atoms with van der Waals surface area (Å²) < 4.78 is 22.7. The first-order chi connectivity index (χ1) is 8.61. The third-order valence-corrected chi connectivity index (χ3v) is 3.92. The van der Waals surface area contributed by atoms with Crippen LogP contribution in [0.15, 0.2) is 11.4 Å². The van der Waals surface area contributed by atoms with E-state index in [2.05, 4.69) is 18.8 Å². The van der Waals surface area contributed by atoms with E-state index < -0.39 is 7.60 Å². The summed E-state index contributed by atoms with van der Waals surface area (Å²) in [6.07, 6.45) is 2.68. The molecule has 1 N–H and O–H groups in total. The molecule has 0 fully saturated rings. The normalized spacial score (nSPS) is 12.1. The molecule has 0 aromatic heterocycles. The molecule has 0 aliphatic carbocycles. The molecule has 0 aromatic rings. The van der Waals surface area contributed by atoms with Crippen molar-refractivity contribution in [3.05, 3.63) is 11.4 Å². The standard InChI is InChI=1S/C13H23O4P/c1-4-7-9-13(10-8-11-14)12-18(15,16-5-2)17-6-3/h12,14H,4-7,9,11H2,1-3H3/b13-12-. The molecule has 0 heterocycles. The molecule has 0 aliphatic heterocycles. The molecule has 0 rings (SSSR count). The molecule has 104 valence electrons. The molecule has 0 unspecified atom stereocenters. The van der Waals surface area contributed by atoms with Gasteiger partial charge in [0.25, 0.3) is 0 Å². The summed E-state index contributed by atoms with van der Waals surface area (Å²) in [5, 5.41) is 8.71. The number of allylic oxidation sites excluding steroid dienone is 1. The van der Waals surface area contributed by atoms with Crippen molar-refractivity contribution >= 4 is 7.60 Å². The van der Waals surface area contributed by atoms with Gasteiger partial charge in [-0.25, -0.2) is 0 Å². The highest BCUT2D eigenvalue weighted by molar-refractivity contribution is 7.57. The van der Waals surface area contributed by atoms with Gasteiger partial charge in [-0.05, 0) is 26.7 Å². The fourth-order valence-corrected chi connectivity index (χ4v) is 2.86. The van der Waals surface area contributed by atoms with E-state index in [-0.39, 0.29) is 6.61 Å². The highest BCUT2D eigenvalue weighted by Crippen LogP contribution is 2.50. The zero-order chi connectivity index (χ0) is 13.9. The Morgan fingerprint density at radius 1 is 1.28 bits per heavy atom. The second-order valence-corrected chi connectivity index (χ2v) is 5.45. The van der Waals surface area contributed by atoms with Gasteiger partial charge in [0.2, 0.25) is 0 Å². The number of aliphatic hydroxyl groups excluding tert-OH is 1. The molecule has 0 amide bonds. The highest BCUT2D eigenvalue weighted by atomic mass is 31.2. The van der Waals surface area contributed by atoms with Crippen LogP contribution in [0.4, 0.5) is 0 Å². The van der Waals surface area contributed by atoms with E-state index in [1.54, 1.807) is 13.8 Å². The van der Waals surface area contributed by atoms with Crippen molar-refractivity contribution in [3.8, 4) is 11.8 Å². The van der Waals surface area contributed by atoms with Crippen LogP contribution in [0.5, 0.6) is 0 Å². The Hall–Kier alpha value is -0.590. The maximum atomic E-state index is 12.3. The van der Waals surface area contributed by atoms with Crippen LogP contribution in [-0.2, 0) is 13.6 Å². The van der Waals surface area contributed by atoms with Crippen molar-refractivity contribution in [2.45, 2.75) is 40.0 Å². The van der Waals surface area contributed by atoms with Crippen LogP contribution in [0, 0.1) is 11.8 Å². The van der Waals surface area contributed by atoms with Gasteiger partial charge in [0.15, 0.2) is 0 Å². The van der Waals surface area contributed by atoms with Crippen LogP contribution >= 0.6 is 7.60 Å². The summed E-state index contributed by atoms with van der Waals surface area (Å²) in [5.74, 6) is 6.86. The highest BCUT2D eigenvalue weighted by Gasteiger charge is 2.20. The van der Waals surface area contributed by atoms with Gasteiger partial charge < -0.3 is 14.2 Å². The van der Waals surface area contributed by atoms with Gasteiger partial charge in [-0.1, -0.05) is 25.2 Å². The molecule has 0 spiro atoms. The van der Waals surface area contributed by atoms with Gasteiger partial charge in [-0.15, -0.1) is 0 Å². The Labute approximate surface area is 110 Å². The molecule has 4 nitrogen and oxygen atoms in total. The Kier molecular flexibility index (Phi) is 10.0. The molecule has 0 aliphatic rings. The average molecular weight is 274 g/mol. The minimum Gasteiger partial charge on any atom is -0.384 e. The monoisotopic (exact) mass is 274 g/mol. The molecule has 0 saturated heterocycles. The van der Waals surface area contributed by atoms with Crippen LogP contribution in [-0.4, -0.2) is 24.9 Å². The van der Waals surface area contributed by atoms with Crippen molar-refractivity contribution in [2.24, 2.45) is 0 Å².